The van der Waals surface area contributed by atoms with Gasteiger partial charge in [-0.1, -0.05) is 39.5 Å². The highest BCUT2D eigenvalue weighted by molar-refractivity contribution is 5.74. The summed E-state index contributed by atoms with van der Waals surface area (Å²) in [4.78, 5) is 11.6. The largest absolute Gasteiger partial charge is 0.338 e. The Morgan fingerprint density at radius 3 is 2.69 bits per heavy atom. The summed E-state index contributed by atoms with van der Waals surface area (Å²) < 4.78 is 0. The van der Waals surface area contributed by atoms with E-state index in [4.69, 9.17) is 0 Å². The van der Waals surface area contributed by atoms with Crippen LogP contribution in [0.1, 0.15) is 58.8 Å². The molecule has 0 saturated heterocycles. The number of rotatable bonds is 5. The van der Waals surface area contributed by atoms with Crippen molar-refractivity contribution in [2.24, 2.45) is 5.92 Å². The maximum atomic E-state index is 11.6. The predicted octanol–water partition coefficient (Wildman–Crippen LogP) is 3.05. The van der Waals surface area contributed by atoms with E-state index in [9.17, 15) is 4.79 Å². The lowest BCUT2D eigenvalue weighted by Gasteiger charge is -2.31. The Balaban J connectivity index is 2.25. The van der Waals surface area contributed by atoms with Crippen LogP contribution >= 0.6 is 0 Å². The first-order valence-corrected chi connectivity index (χ1v) is 6.82. The second-order valence-electron chi connectivity index (χ2n) is 4.81. The fourth-order valence-electron chi connectivity index (χ4n) is 2.48. The number of carbonyl (C=O) groups is 1. The van der Waals surface area contributed by atoms with E-state index < -0.39 is 0 Å². The molecule has 0 aromatic carbocycles. The molecule has 0 aliphatic heterocycles. The maximum absolute atomic E-state index is 11.6. The maximum Gasteiger partial charge on any atom is 0.315 e. The van der Waals surface area contributed by atoms with Crippen LogP contribution in [0.4, 0.5) is 4.79 Å². The molecule has 3 nitrogen and oxygen atoms in total. The average molecular weight is 226 g/mol. The molecule has 2 unspecified atom stereocenters. The summed E-state index contributed by atoms with van der Waals surface area (Å²) in [6, 6.07) is 0.430. The molecule has 1 aliphatic rings. The fraction of sp³-hybridized carbons (Fsp3) is 0.923. The smallest absolute Gasteiger partial charge is 0.315 e. The van der Waals surface area contributed by atoms with E-state index in [2.05, 4.69) is 24.5 Å². The number of urea groups is 1. The minimum atomic E-state index is 0.0267. The van der Waals surface area contributed by atoms with E-state index in [1.807, 2.05) is 0 Å². The van der Waals surface area contributed by atoms with Crippen molar-refractivity contribution in [2.75, 3.05) is 6.54 Å². The Kier molecular flexibility index (Phi) is 6.27. The van der Waals surface area contributed by atoms with E-state index in [0.29, 0.717) is 12.0 Å². The van der Waals surface area contributed by atoms with Crippen molar-refractivity contribution < 1.29 is 4.79 Å². The molecular formula is C13H26N2O. The molecule has 0 heterocycles. The number of amides is 2. The van der Waals surface area contributed by atoms with E-state index in [-0.39, 0.29) is 6.03 Å². The van der Waals surface area contributed by atoms with Crippen LogP contribution in [0.25, 0.3) is 0 Å². The molecule has 2 atom stereocenters. The first kappa shape index (κ1) is 13.3. The summed E-state index contributed by atoms with van der Waals surface area (Å²) in [6.07, 6.45) is 8.39. The summed E-state index contributed by atoms with van der Waals surface area (Å²) in [6.45, 7) is 5.15. The van der Waals surface area contributed by atoms with E-state index in [1.165, 1.54) is 25.7 Å². The lowest BCUT2D eigenvalue weighted by atomic mass is 9.83. The molecule has 1 saturated carbocycles. The van der Waals surface area contributed by atoms with Crippen LogP contribution in [0.2, 0.25) is 0 Å². The van der Waals surface area contributed by atoms with Crippen molar-refractivity contribution in [3.8, 4) is 0 Å². The van der Waals surface area contributed by atoms with E-state index in [0.717, 1.165) is 25.8 Å². The molecule has 16 heavy (non-hydrogen) atoms. The second kappa shape index (κ2) is 7.53. The van der Waals surface area contributed by atoms with Crippen LogP contribution in [-0.4, -0.2) is 18.6 Å². The van der Waals surface area contributed by atoms with Gasteiger partial charge in [0.2, 0.25) is 0 Å². The van der Waals surface area contributed by atoms with Gasteiger partial charge >= 0.3 is 6.03 Å². The molecule has 94 valence electrons. The van der Waals surface area contributed by atoms with Crippen LogP contribution in [0.3, 0.4) is 0 Å². The van der Waals surface area contributed by atoms with Crippen molar-refractivity contribution in [3.05, 3.63) is 0 Å². The Bertz CT molecular complexity index is 206. The van der Waals surface area contributed by atoms with Crippen molar-refractivity contribution in [1.29, 1.82) is 0 Å². The molecule has 2 N–H and O–H groups in total. The Morgan fingerprint density at radius 1 is 1.25 bits per heavy atom. The van der Waals surface area contributed by atoms with Gasteiger partial charge in [0.1, 0.15) is 0 Å². The van der Waals surface area contributed by atoms with Gasteiger partial charge in [0, 0.05) is 12.6 Å². The molecule has 1 aliphatic carbocycles. The molecular weight excluding hydrogens is 200 g/mol. The van der Waals surface area contributed by atoms with Crippen molar-refractivity contribution in [2.45, 2.75) is 64.8 Å². The highest BCUT2D eigenvalue weighted by Crippen LogP contribution is 2.26. The third kappa shape index (κ3) is 4.42. The van der Waals surface area contributed by atoms with Gasteiger partial charge in [-0.15, -0.1) is 0 Å². The molecule has 3 heteroatoms. The fourth-order valence-corrected chi connectivity index (χ4v) is 2.48. The van der Waals surface area contributed by atoms with Gasteiger partial charge in [0.15, 0.2) is 0 Å². The first-order valence-electron chi connectivity index (χ1n) is 6.82. The van der Waals surface area contributed by atoms with Crippen LogP contribution in [0.15, 0.2) is 0 Å². The summed E-state index contributed by atoms with van der Waals surface area (Å²) in [5.74, 6) is 0.686. The van der Waals surface area contributed by atoms with Gasteiger partial charge < -0.3 is 10.6 Å². The zero-order chi connectivity index (χ0) is 11.8. The van der Waals surface area contributed by atoms with Gasteiger partial charge in [-0.3, -0.25) is 0 Å². The lowest BCUT2D eigenvalue weighted by molar-refractivity contribution is 0.216. The minimum Gasteiger partial charge on any atom is -0.338 e. The second-order valence-corrected chi connectivity index (χ2v) is 4.81. The molecule has 2 amide bonds. The number of carbonyl (C=O) groups excluding carboxylic acids is 1. The Hall–Kier alpha value is -0.730. The van der Waals surface area contributed by atoms with E-state index in [1.54, 1.807) is 0 Å². The topological polar surface area (TPSA) is 41.1 Å². The van der Waals surface area contributed by atoms with Gasteiger partial charge in [-0.25, -0.2) is 4.79 Å². The molecule has 1 rings (SSSR count). The number of unbranched alkanes of at least 4 members (excludes halogenated alkanes) is 1. The van der Waals surface area contributed by atoms with Gasteiger partial charge in [0.25, 0.3) is 0 Å². The van der Waals surface area contributed by atoms with Gasteiger partial charge in [-0.05, 0) is 25.2 Å². The third-order valence-electron chi connectivity index (χ3n) is 3.57. The van der Waals surface area contributed by atoms with Crippen LogP contribution in [0.5, 0.6) is 0 Å². The standard InChI is InChI=1S/C13H26N2O/c1-3-5-10-14-13(16)15-12-9-7-6-8-11(12)4-2/h11-12H,3-10H2,1-2H3,(H2,14,15,16). The number of nitrogens with one attached hydrogen (secondary N) is 2. The number of hydrogen-bond acceptors (Lipinski definition) is 1. The van der Waals surface area contributed by atoms with Gasteiger partial charge in [0.05, 0.1) is 0 Å². The Morgan fingerprint density at radius 2 is 2.00 bits per heavy atom. The average Bonchev–Trinajstić information content (AvgIpc) is 2.30. The minimum absolute atomic E-state index is 0.0267. The summed E-state index contributed by atoms with van der Waals surface area (Å²) >= 11 is 0. The quantitative estimate of drug-likeness (QED) is 0.695. The summed E-state index contributed by atoms with van der Waals surface area (Å²) in [7, 11) is 0. The van der Waals surface area contributed by atoms with Gasteiger partial charge in [-0.2, -0.15) is 0 Å². The summed E-state index contributed by atoms with van der Waals surface area (Å²) in [5.41, 5.74) is 0. The summed E-state index contributed by atoms with van der Waals surface area (Å²) in [5, 5.41) is 6.05. The third-order valence-corrected chi connectivity index (χ3v) is 3.57. The monoisotopic (exact) mass is 226 g/mol. The van der Waals surface area contributed by atoms with Crippen LogP contribution in [0, 0.1) is 5.92 Å². The highest BCUT2D eigenvalue weighted by Gasteiger charge is 2.24. The molecule has 0 aromatic heterocycles. The first-order chi connectivity index (χ1) is 7.77. The lowest BCUT2D eigenvalue weighted by Crippen LogP contribution is -2.46. The molecule has 0 bridgehead atoms. The normalized spacial score (nSPS) is 25.1. The molecule has 0 spiro atoms. The number of hydrogen-bond donors (Lipinski definition) is 2. The van der Waals surface area contributed by atoms with E-state index >= 15 is 0 Å². The Labute approximate surface area is 99.4 Å². The van der Waals surface area contributed by atoms with Crippen LogP contribution in [-0.2, 0) is 0 Å². The molecule has 0 radical (unpaired) electrons. The van der Waals surface area contributed by atoms with Crippen LogP contribution < -0.4 is 10.6 Å². The van der Waals surface area contributed by atoms with Crippen molar-refractivity contribution >= 4 is 6.03 Å². The highest BCUT2D eigenvalue weighted by atomic mass is 16.2. The molecule has 1 fully saturated rings. The zero-order valence-corrected chi connectivity index (χ0v) is 10.7. The molecule has 0 aromatic rings. The van der Waals surface area contributed by atoms with Crippen molar-refractivity contribution in [1.82, 2.24) is 10.6 Å². The predicted molar refractivity (Wildman–Crippen MR) is 67.5 cm³/mol. The zero-order valence-electron chi connectivity index (χ0n) is 10.7. The SMILES string of the molecule is CCCCNC(=O)NC1CCCCC1CC. The van der Waals surface area contributed by atoms with Crippen molar-refractivity contribution in [3.63, 3.8) is 0 Å².